The van der Waals surface area contributed by atoms with E-state index in [1.165, 1.54) is 104 Å². The second-order valence-electron chi connectivity index (χ2n) is 19.3. The van der Waals surface area contributed by atoms with Gasteiger partial charge in [0, 0.05) is 41.5 Å². The molecular formula is C48H56IrNO2P-2. The summed E-state index contributed by atoms with van der Waals surface area (Å²) in [7, 11) is -2.53. The van der Waals surface area contributed by atoms with E-state index in [0.717, 1.165) is 70.0 Å². The summed E-state index contributed by atoms with van der Waals surface area (Å²) in [5.74, 6) is 6.73. The van der Waals surface area contributed by atoms with Gasteiger partial charge in [-0.15, -0.1) is 34.1 Å². The topological polar surface area (TPSA) is 39.2 Å². The van der Waals surface area contributed by atoms with E-state index in [9.17, 15) is 0 Å². The molecule has 8 aliphatic carbocycles. The standard InChI is InChI=1S/C26H34OP.C22H22NO.Ir/c27-28(24-4-2-1-3-5-24,25-12-18-6-19(13-25)8-20(7-18)14-25)26-15-21-9-22(16-26)11-23(10-21)17-26;1-13(2)8-16-6-5-7-20-17(16)11-21-22(23-20)18-10-14(3)9-15(4)19(18)12-24-21;/h1-4,18-23H,6-17H2;5-7,9,11,13H,8,12H2,1-4H3;/q2*-1;. The number of aromatic nitrogens is 1. The number of ether oxygens (including phenoxy) is 1. The number of hydrogen-bond acceptors (Lipinski definition) is 3. The van der Waals surface area contributed by atoms with Crippen molar-refractivity contribution in [3.8, 4) is 17.0 Å². The van der Waals surface area contributed by atoms with Gasteiger partial charge in [0.15, 0.2) is 0 Å². The summed E-state index contributed by atoms with van der Waals surface area (Å²) < 4.78 is 21.9. The fourth-order valence-corrected chi connectivity index (χ4v) is 19.8. The molecule has 0 unspecified atom stereocenters. The summed E-state index contributed by atoms with van der Waals surface area (Å²) in [5, 5.41) is 2.63. The van der Waals surface area contributed by atoms with Gasteiger partial charge in [0.25, 0.3) is 0 Å². The van der Waals surface area contributed by atoms with Gasteiger partial charge in [-0.2, -0.15) is 30.3 Å². The van der Waals surface area contributed by atoms with E-state index in [0.29, 0.717) is 12.5 Å². The summed E-state index contributed by atoms with van der Waals surface area (Å²) >= 11 is 0. The molecule has 8 saturated carbocycles. The number of aryl methyl sites for hydroxylation is 2. The van der Waals surface area contributed by atoms with Crippen LogP contribution in [0.15, 0.2) is 54.6 Å². The number of rotatable bonds is 5. The molecule has 0 spiro atoms. The van der Waals surface area contributed by atoms with Gasteiger partial charge in [0.2, 0.25) is 0 Å². The first-order valence-electron chi connectivity index (χ1n) is 20.8. The van der Waals surface area contributed by atoms with Crippen molar-refractivity contribution in [1.29, 1.82) is 0 Å². The predicted octanol–water partition coefficient (Wildman–Crippen LogP) is 11.8. The second kappa shape index (κ2) is 13.5. The zero-order chi connectivity index (χ0) is 35.4. The number of nitrogens with zero attached hydrogens (tertiary/aromatic N) is 1. The maximum atomic E-state index is 15.9. The van der Waals surface area contributed by atoms with Gasteiger partial charge in [-0.05, 0) is 143 Å². The van der Waals surface area contributed by atoms with Gasteiger partial charge >= 0.3 is 0 Å². The fourth-order valence-electron chi connectivity index (χ4n) is 14.1. The van der Waals surface area contributed by atoms with Crippen molar-refractivity contribution < 1.29 is 29.4 Å². The molecule has 1 aliphatic heterocycles. The van der Waals surface area contributed by atoms with Crippen LogP contribution in [0, 0.1) is 67.4 Å². The molecule has 0 N–H and O–H groups in total. The van der Waals surface area contributed by atoms with E-state index in [1.54, 1.807) is 0 Å². The molecule has 5 heteroatoms. The molecule has 3 nitrogen and oxygen atoms in total. The molecule has 8 fully saturated rings. The number of benzene rings is 3. The van der Waals surface area contributed by atoms with E-state index in [-0.39, 0.29) is 30.4 Å². The van der Waals surface area contributed by atoms with Gasteiger partial charge in [0.1, 0.15) is 12.9 Å². The van der Waals surface area contributed by atoms with E-state index in [4.69, 9.17) is 9.72 Å². The fraction of sp³-hybridized carbons (Fsp3) is 0.562. The molecule has 0 amide bonds. The van der Waals surface area contributed by atoms with Crippen LogP contribution in [0.25, 0.3) is 22.2 Å². The minimum atomic E-state index is -2.53. The molecule has 4 aromatic rings. The molecule has 13 rings (SSSR count). The van der Waals surface area contributed by atoms with Crippen LogP contribution in [0.3, 0.4) is 0 Å². The summed E-state index contributed by atoms with van der Waals surface area (Å²) in [6.45, 7) is 9.32. The predicted molar refractivity (Wildman–Crippen MR) is 213 cm³/mol. The van der Waals surface area contributed by atoms with Crippen LogP contribution < -0.4 is 10.0 Å². The monoisotopic (exact) mass is 902 g/mol. The van der Waals surface area contributed by atoms with E-state index >= 15 is 4.57 Å². The molecule has 281 valence electrons. The Balaban J connectivity index is 0.000000140. The minimum Gasteiger partial charge on any atom is -0.506 e. The van der Waals surface area contributed by atoms with Crippen molar-refractivity contribution in [2.75, 3.05) is 0 Å². The van der Waals surface area contributed by atoms with Crippen LogP contribution in [-0.4, -0.2) is 15.3 Å². The molecule has 3 aromatic carbocycles. The first-order valence-corrected chi connectivity index (χ1v) is 22.5. The molecule has 1 aromatic heterocycles. The summed E-state index contributed by atoms with van der Waals surface area (Å²) in [6.07, 6.45) is 17.4. The Morgan fingerprint density at radius 3 is 1.92 bits per heavy atom. The van der Waals surface area contributed by atoms with Crippen LogP contribution in [0.2, 0.25) is 0 Å². The first kappa shape index (κ1) is 36.4. The van der Waals surface area contributed by atoms with Crippen LogP contribution in [0.4, 0.5) is 0 Å². The van der Waals surface area contributed by atoms with E-state index < -0.39 is 7.14 Å². The molecule has 2 heterocycles. The SMILES string of the molecule is Cc1[c-]c2c(c(C)c1)COc1cc3c(CC(C)C)cccc3nc1-2.O=P(c1[c-]cccc1)(C12CC3CC(CC(C3)C1)C2)C12CC3CC(CC(C3)C1)C2.[Ir]. The Hall–Kier alpha value is -2.25. The largest absolute Gasteiger partial charge is 0.506 e. The molecule has 8 bridgehead atoms. The Bertz CT molecular complexity index is 1970. The van der Waals surface area contributed by atoms with Gasteiger partial charge < -0.3 is 9.30 Å². The van der Waals surface area contributed by atoms with Crippen LogP contribution in [0.1, 0.15) is 113 Å². The van der Waals surface area contributed by atoms with Crippen LogP contribution in [0.5, 0.6) is 5.75 Å². The smallest absolute Gasteiger partial charge is 0.104 e. The quantitative estimate of drug-likeness (QED) is 0.148. The second-order valence-corrected chi connectivity index (χ2v) is 22.9. The van der Waals surface area contributed by atoms with Gasteiger partial charge in [0.05, 0.1) is 12.1 Å². The number of hydrogen-bond donors (Lipinski definition) is 0. The van der Waals surface area contributed by atoms with E-state index in [2.05, 4.69) is 94.4 Å². The van der Waals surface area contributed by atoms with Crippen molar-refractivity contribution in [2.45, 2.75) is 128 Å². The van der Waals surface area contributed by atoms with Gasteiger partial charge in [-0.1, -0.05) is 45.4 Å². The molecule has 53 heavy (non-hydrogen) atoms. The van der Waals surface area contributed by atoms with Crippen LogP contribution >= 0.6 is 7.14 Å². The number of pyridine rings is 1. The summed E-state index contributed by atoms with van der Waals surface area (Å²) in [5.41, 5.74) is 8.02. The van der Waals surface area contributed by atoms with Crippen molar-refractivity contribution >= 4 is 23.3 Å². The molecular weight excluding hydrogens is 846 g/mol. The maximum Gasteiger partial charge on any atom is 0.104 e. The van der Waals surface area contributed by atoms with Gasteiger partial charge in [-0.25, -0.2) is 0 Å². The zero-order valence-electron chi connectivity index (χ0n) is 32.2. The molecule has 1 radical (unpaired) electrons. The summed E-state index contributed by atoms with van der Waals surface area (Å²) in [6, 6.07) is 26.3. The van der Waals surface area contributed by atoms with Crippen LogP contribution in [-0.2, 0) is 37.7 Å². The normalized spacial score (nSPS) is 33.7. The van der Waals surface area contributed by atoms with Crippen molar-refractivity contribution in [2.24, 2.45) is 41.4 Å². The summed E-state index contributed by atoms with van der Waals surface area (Å²) in [4.78, 5) is 4.95. The van der Waals surface area contributed by atoms with Crippen molar-refractivity contribution in [3.63, 3.8) is 0 Å². The third kappa shape index (κ3) is 5.89. The molecule has 0 saturated heterocycles. The molecule has 0 atom stereocenters. The maximum absolute atomic E-state index is 15.9. The average molecular weight is 902 g/mol. The van der Waals surface area contributed by atoms with Gasteiger partial charge in [-0.3, -0.25) is 4.98 Å². The van der Waals surface area contributed by atoms with Crippen molar-refractivity contribution in [3.05, 3.63) is 89.0 Å². The third-order valence-electron chi connectivity index (χ3n) is 15.1. The third-order valence-corrected chi connectivity index (χ3v) is 19.8. The Labute approximate surface area is 331 Å². The Morgan fingerprint density at radius 2 is 1.40 bits per heavy atom. The Kier molecular flexibility index (Phi) is 9.24. The Morgan fingerprint density at radius 1 is 0.811 bits per heavy atom. The van der Waals surface area contributed by atoms with Crippen molar-refractivity contribution in [1.82, 2.24) is 4.98 Å². The minimum absolute atomic E-state index is 0. The zero-order valence-corrected chi connectivity index (χ0v) is 35.5. The average Bonchev–Trinajstić information content (AvgIpc) is 3.10. The molecule has 9 aliphatic rings. The number of fused-ring (bicyclic) bond motifs is 4. The van der Waals surface area contributed by atoms with E-state index in [1.807, 2.05) is 0 Å². The first-order chi connectivity index (χ1) is 25.1.